The largest absolute Gasteiger partial charge is 0.477 e. The Labute approximate surface area is 205 Å². The predicted octanol–water partition coefficient (Wildman–Crippen LogP) is 5.01. The van der Waals surface area contributed by atoms with Gasteiger partial charge >= 0.3 is 0 Å². The Hall–Kier alpha value is -1.98. The van der Waals surface area contributed by atoms with Crippen LogP contribution in [0.3, 0.4) is 0 Å². The molecular weight excluding hydrogens is 521 g/mol. The number of thiol groups is 1. The highest BCUT2D eigenvalue weighted by molar-refractivity contribution is 9.10. The van der Waals surface area contributed by atoms with Crippen LogP contribution in [0.25, 0.3) is 0 Å². The Morgan fingerprint density at radius 1 is 1.30 bits per heavy atom. The average molecular weight is 547 g/mol. The Morgan fingerprint density at radius 2 is 1.97 bits per heavy atom. The number of benzene rings is 1. The molecule has 1 saturated heterocycles. The molecule has 1 N–H and O–H groups in total. The van der Waals surface area contributed by atoms with Crippen LogP contribution in [0.2, 0.25) is 0 Å². The molecule has 2 unspecified atom stereocenters. The second kappa shape index (κ2) is 11.0. The number of ether oxygens (including phenoxy) is 1. The third-order valence-electron chi connectivity index (χ3n) is 5.72. The van der Waals surface area contributed by atoms with E-state index >= 15 is 0 Å². The van der Waals surface area contributed by atoms with Crippen molar-refractivity contribution in [3.05, 3.63) is 45.8 Å². The Morgan fingerprint density at radius 3 is 2.58 bits per heavy atom. The monoisotopic (exact) mass is 546 g/mol. The number of hydrogen-bond acceptors (Lipinski definition) is 6. The first-order chi connectivity index (χ1) is 15.6. The lowest BCUT2D eigenvalue weighted by Gasteiger charge is -2.44. The van der Waals surface area contributed by atoms with E-state index in [1.54, 1.807) is 0 Å². The minimum atomic E-state index is -2.91. The first-order valence-corrected chi connectivity index (χ1v) is 11.8. The molecule has 1 fully saturated rings. The molecule has 1 amide bonds. The highest BCUT2D eigenvalue weighted by Gasteiger charge is 2.29. The van der Waals surface area contributed by atoms with Gasteiger partial charge in [-0.15, -0.1) is 0 Å². The number of carbonyl (C=O) groups is 1. The van der Waals surface area contributed by atoms with E-state index in [4.69, 9.17) is 4.74 Å². The number of anilines is 2. The molecule has 2 atom stereocenters. The van der Waals surface area contributed by atoms with Crippen LogP contribution in [-0.4, -0.2) is 60.4 Å². The van der Waals surface area contributed by atoms with Crippen molar-refractivity contribution in [3.63, 3.8) is 0 Å². The van der Waals surface area contributed by atoms with E-state index in [9.17, 15) is 18.0 Å². The van der Waals surface area contributed by atoms with Crippen LogP contribution in [0, 0.1) is 5.82 Å². The van der Waals surface area contributed by atoms with Crippen LogP contribution < -0.4 is 15.0 Å². The smallest absolute Gasteiger partial charge is 0.264 e. The van der Waals surface area contributed by atoms with Crippen molar-refractivity contribution in [2.24, 2.45) is 0 Å². The molecule has 0 radical (unpaired) electrons. The van der Waals surface area contributed by atoms with Gasteiger partial charge in [0.05, 0.1) is 28.0 Å². The summed E-state index contributed by atoms with van der Waals surface area (Å²) in [6.45, 7) is 5.55. The molecule has 33 heavy (non-hydrogen) atoms. The molecule has 3 rings (SSSR count). The fraction of sp³-hybridized carbons (Fsp3) is 0.455. The van der Waals surface area contributed by atoms with Crippen molar-refractivity contribution in [1.82, 2.24) is 9.88 Å². The van der Waals surface area contributed by atoms with Crippen LogP contribution in [0.5, 0.6) is 5.88 Å². The highest BCUT2D eigenvalue weighted by atomic mass is 79.9. The number of amides is 1. The van der Waals surface area contributed by atoms with Crippen molar-refractivity contribution in [2.45, 2.75) is 32.4 Å². The molecule has 0 spiro atoms. The first kappa shape index (κ1) is 25.6. The third kappa shape index (κ3) is 5.93. The SMILES string of the molecule is CC1CN(c2cc(F)c(Br)cc2NC(=O)c2cnc(OCCS)cc2C(F)F)CC(C)N1C. The van der Waals surface area contributed by atoms with E-state index in [1.165, 1.54) is 12.1 Å². The van der Waals surface area contributed by atoms with Gasteiger partial charge in [-0.1, -0.05) is 0 Å². The van der Waals surface area contributed by atoms with E-state index < -0.39 is 23.7 Å². The van der Waals surface area contributed by atoms with E-state index in [0.29, 0.717) is 30.2 Å². The molecule has 0 bridgehead atoms. The summed E-state index contributed by atoms with van der Waals surface area (Å²) in [5.74, 6) is -0.877. The van der Waals surface area contributed by atoms with Crippen molar-refractivity contribution in [3.8, 4) is 5.88 Å². The van der Waals surface area contributed by atoms with Gasteiger partial charge in [0.15, 0.2) is 0 Å². The number of aromatic nitrogens is 1. The molecule has 11 heteroatoms. The number of carbonyl (C=O) groups excluding carboxylic acids is 1. The zero-order chi connectivity index (χ0) is 24.3. The fourth-order valence-corrected chi connectivity index (χ4v) is 4.17. The summed E-state index contributed by atoms with van der Waals surface area (Å²) in [5.41, 5.74) is 0.0138. The highest BCUT2D eigenvalue weighted by Crippen LogP contribution is 2.35. The van der Waals surface area contributed by atoms with Crippen LogP contribution in [0.15, 0.2) is 28.9 Å². The topological polar surface area (TPSA) is 57.7 Å². The van der Waals surface area contributed by atoms with E-state index in [1.807, 2.05) is 11.9 Å². The lowest BCUT2D eigenvalue weighted by molar-refractivity contribution is 0.101. The molecule has 2 aromatic rings. The maximum Gasteiger partial charge on any atom is 0.264 e. The van der Waals surface area contributed by atoms with Gasteiger partial charge in [-0.25, -0.2) is 18.2 Å². The molecular formula is C22H26BrF3N4O2S. The Balaban J connectivity index is 1.93. The number of likely N-dealkylation sites (N-methyl/N-ethyl adjacent to an activating group) is 1. The van der Waals surface area contributed by atoms with Crippen LogP contribution in [-0.2, 0) is 0 Å². The van der Waals surface area contributed by atoms with Gasteiger partial charge in [0, 0.05) is 54.8 Å². The number of halogens is 4. The number of nitrogens with one attached hydrogen (secondary N) is 1. The van der Waals surface area contributed by atoms with Gasteiger partial charge in [-0.05, 0) is 42.9 Å². The minimum absolute atomic E-state index is 0.0125. The Kier molecular flexibility index (Phi) is 8.52. The summed E-state index contributed by atoms with van der Waals surface area (Å²) in [4.78, 5) is 21.2. The van der Waals surface area contributed by atoms with E-state index in [-0.39, 0.29) is 34.6 Å². The van der Waals surface area contributed by atoms with Gasteiger partial charge in [-0.2, -0.15) is 12.6 Å². The van der Waals surface area contributed by atoms with Crippen LogP contribution in [0.1, 0.15) is 36.2 Å². The lowest BCUT2D eigenvalue weighted by Crippen LogP contribution is -2.55. The second-order valence-corrected chi connectivity index (χ2v) is 9.29. The zero-order valence-electron chi connectivity index (χ0n) is 18.5. The van der Waals surface area contributed by atoms with Crippen molar-refractivity contribution < 1.29 is 22.7 Å². The average Bonchev–Trinajstić information content (AvgIpc) is 2.77. The van der Waals surface area contributed by atoms with Crippen molar-refractivity contribution >= 4 is 45.8 Å². The molecule has 1 aliphatic heterocycles. The number of rotatable bonds is 7. The number of piperazine rings is 1. The molecule has 0 aliphatic carbocycles. The summed E-state index contributed by atoms with van der Waals surface area (Å²) < 4.78 is 47.2. The standard InChI is InChI=1S/C22H26BrF3N4O2S/c1-12-10-30(11-13(2)29(12)3)19-8-17(24)16(23)7-18(19)28-22(31)15-9-27-20(32-4-5-33)6-14(15)21(25)26/h6-9,12-13,21,33H,4-5,10-11H2,1-3H3,(H,28,31). The first-order valence-electron chi connectivity index (χ1n) is 10.4. The van der Waals surface area contributed by atoms with Gasteiger partial charge in [0.1, 0.15) is 5.82 Å². The summed E-state index contributed by atoms with van der Waals surface area (Å²) in [5, 5.41) is 2.67. The quantitative estimate of drug-likeness (QED) is 0.478. The molecule has 1 aromatic carbocycles. The summed E-state index contributed by atoms with van der Waals surface area (Å²) in [6, 6.07) is 4.22. The normalized spacial score (nSPS) is 19.1. The molecule has 180 valence electrons. The Bertz CT molecular complexity index is 1000. The number of alkyl halides is 2. The maximum absolute atomic E-state index is 14.4. The molecule has 6 nitrogen and oxygen atoms in total. The zero-order valence-corrected chi connectivity index (χ0v) is 21.0. The molecule has 2 heterocycles. The second-order valence-electron chi connectivity index (χ2n) is 7.99. The summed E-state index contributed by atoms with van der Waals surface area (Å²) in [6.07, 6.45) is -1.85. The van der Waals surface area contributed by atoms with Crippen molar-refractivity contribution in [2.75, 3.05) is 42.7 Å². The van der Waals surface area contributed by atoms with E-state index in [0.717, 1.165) is 12.3 Å². The van der Waals surface area contributed by atoms with Crippen LogP contribution >= 0.6 is 28.6 Å². The van der Waals surface area contributed by atoms with Gasteiger partial charge in [-0.3, -0.25) is 9.69 Å². The van der Waals surface area contributed by atoms with Crippen molar-refractivity contribution in [1.29, 1.82) is 0 Å². The number of nitrogens with zero attached hydrogens (tertiary/aromatic N) is 3. The molecule has 0 saturated carbocycles. The maximum atomic E-state index is 14.4. The summed E-state index contributed by atoms with van der Waals surface area (Å²) >= 11 is 7.15. The van der Waals surface area contributed by atoms with Gasteiger partial charge < -0.3 is 15.0 Å². The molecule has 1 aromatic heterocycles. The number of pyridine rings is 1. The van der Waals surface area contributed by atoms with Crippen LogP contribution in [0.4, 0.5) is 24.5 Å². The lowest BCUT2D eigenvalue weighted by atomic mass is 10.1. The van der Waals surface area contributed by atoms with E-state index in [2.05, 4.69) is 57.6 Å². The molecule has 1 aliphatic rings. The van der Waals surface area contributed by atoms with Gasteiger partial charge in [0.2, 0.25) is 5.88 Å². The fourth-order valence-electron chi connectivity index (χ4n) is 3.74. The van der Waals surface area contributed by atoms with Gasteiger partial charge in [0.25, 0.3) is 12.3 Å². The third-order valence-corrected chi connectivity index (χ3v) is 6.51. The minimum Gasteiger partial charge on any atom is -0.477 e. The number of hydrogen-bond donors (Lipinski definition) is 2. The predicted molar refractivity (Wildman–Crippen MR) is 129 cm³/mol. The summed E-state index contributed by atoms with van der Waals surface area (Å²) in [7, 11) is 2.03.